The van der Waals surface area contributed by atoms with E-state index in [1.165, 1.54) is 29.6 Å². The van der Waals surface area contributed by atoms with Gasteiger partial charge in [0.1, 0.15) is 18.0 Å². The van der Waals surface area contributed by atoms with Crippen molar-refractivity contribution < 1.29 is 56.4 Å². The van der Waals surface area contributed by atoms with Gasteiger partial charge in [0, 0.05) is 17.1 Å². The standard InChI is InChI=1S/C20H21ClFN5O2.C12H10.CH3.ClH.F6P.Ru/c1-28-18-11-17-14(10-19(18)29-8-2-6-24-7-5-23)20(26-12-25-17)27-13-3-4-16(22)15(21)9-13;1-3-7-11(8-4-1)12-9-5-2-6-10-12;;;1-7(2,3,4,5)6;/h3-4,9-12,23H,2,5-8H2,1H3,(H,25,26,27);1-10H;1H3;1H;;/q-2;;-1;;-1;+4/p-1. The summed E-state index contributed by atoms with van der Waals surface area (Å²) in [6.45, 7) is 1.96. The molecule has 18 heteroatoms. The van der Waals surface area contributed by atoms with Gasteiger partial charge in [-0.1, -0.05) is 72.3 Å². The first-order valence-corrected chi connectivity index (χ1v) is 18.9. The topological polar surface area (TPSA) is 94.2 Å². The minimum Gasteiger partial charge on any atom is -0.0622 e. The Morgan fingerprint density at radius 3 is 1.90 bits per heavy atom. The largest absolute Gasteiger partial charge is 0.0622 e. The number of rotatable bonds is 11. The quantitative estimate of drug-likeness (QED) is 0.0469. The van der Waals surface area contributed by atoms with Crippen LogP contribution in [0.25, 0.3) is 33.1 Å². The first-order valence-electron chi connectivity index (χ1n) is 14.3. The molecule has 7 nitrogen and oxygen atoms in total. The number of halogens is 9. The Bertz CT molecular complexity index is 1720. The molecule has 51 heavy (non-hydrogen) atoms. The van der Waals surface area contributed by atoms with Gasteiger partial charge >= 0.3 is 60.0 Å². The summed E-state index contributed by atoms with van der Waals surface area (Å²) in [5.41, 5.74) is 10.9. The summed E-state index contributed by atoms with van der Waals surface area (Å²) in [6, 6.07) is 28.7. The third-order valence-corrected chi connectivity index (χ3v) is 6.26. The van der Waals surface area contributed by atoms with Crippen LogP contribution in [0.15, 0.2) is 97.3 Å². The van der Waals surface area contributed by atoms with Crippen molar-refractivity contribution in [3.05, 3.63) is 127 Å². The van der Waals surface area contributed by atoms with Gasteiger partial charge < -0.3 is 33.3 Å². The van der Waals surface area contributed by atoms with E-state index >= 15 is 0 Å². The smallest absolute Gasteiger partial charge is 0.0184 e. The van der Waals surface area contributed by atoms with Crippen LogP contribution in [-0.2, 0) is 17.3 Å². The molecule has 0 aliphatic carbocycles. The zero-order valence-corrected chi connectivity index (χ0v) is 31.3. The molecule has 2 N–H and O–H groups in total. The first-order chi connectivity index (χ1) is 23.5. The summed E-state index contributed by atoms with van der Waals surface area (Å²) in [5.74, 6) is 1.18. The second-order valence-electron chi connectivity index (χ2n) is 9.81. The molecule has 1 heterocycles. The Balaban J connectivity index is 0.000000484. The molecule has 0 saturated heterocycles. The maximum Gasteiger partial charge on any atom is -0.0184 e. The molecule has 0 fully saturated rings. The zero-order chi connectivity index (χ0) is 37.3. The summed E-state index contributed by atoms with van der Waals surface area (Å²) in [6.07, 6.45) is 2.18. The number of methoxy groups -OCH3 is 1. The number of benzene rings is 4. The van der Waals surface area contributed by atoms with Crippen LogP contribution in [0, 0.1) is 13.2 Å². The van der Waals surface area contributed by atoms with Crippen molar-refractivity contribution in [2.24, 2.45) is 0 Å². The SMILES string of the molecule is COc1cc2ncnc(Nc3ccc(F)c(Cl)c3)c2cc1OCCC[N-]CC[NH-].F[P-](F)(F)(F)(F)F.[CH3-].[Cl][Ru+3].c1ccc(-c2ccccc2)cc1. The third kappa shape index (κ3) is 19.2. The number of hydrogen-bond donors (Lipinski definition) is 1. The maximum atomic E-state index is 13.4. The van der Waals surface area contributed by atoms with Crippen molar-refractivity contribution in [3.63, 3.8) is 0 Å². The van der Waals surface area contributed by atoms with Crippen LogP contribution in [0.1, 0.15) is 6.42 Å². The molecule has 4 aromatic carbocycles. The molecule has 0 amide bonds. The second kappa shape index (κ2) is 20.7. The van der Waals surface area contributed by atoms with Gasteiger partial charge in [0.2, 0.25) is 0 Å². The van der Waals surface area contributed by atoms with Gasteiger partial charge in [0.25, 0.3) is 0 Å². The summed E-state index contributed by atoms with van der Waals surface area (Å²) >= 11 is 7.69. The molecule has 5 aromatic rings. The zero-order valence-electron chi connectivity index (χ0n) is 27.1. The van der Waals surface area contributed by atoms with E-state index in [-0.39, 0.29) is 12.4 Å². The summed E-state index contributed by atoms with van der Waals surface area (Å²) < 4.78 is 83.9. The van der Waals surface area contributed by atoms with Crippen LogP contribution < -0.4 is 14.8 Å². The molecule has 0 bridgehead atoms. The first kappa shape index (κ1) is 45.7. The number of nitrogens with zero attached hydrogens (tertiary/aromatic N) is 3. The number of ether oxygens (including phenoxy) is 2. The molecule has 280 valence electrons. The molecule has 0 aliphatic rings. The number of aromatic nitrogens is 2. The second-order valence-corrected chi connectivity index (χ2v) is 12.1. The van der Waals surface area contributed by atoms with Crippen molar-refractivity contribution in [3.8, 4) is 22.6 Å². The van der Waals surface area contributed by atoms with Crippen LogP contribution in [0.4, 0.5) is 41.1 Å². The van der Waals surface area contributed by atoms with Crippen LogP contribution in [-0.4, -0.2) is 43.3 Å². The van der Waals surface area contributed by atoms with Gasteiger partial charge in [-0.3, -0.25) is 0 Å². The van der Waals surface area contributed by atoms with Gasteiger partial charge in [-0.25, -0.2) is 14.4 Å². The third-order valence-electron chi connectivity index (χ3n) is 5.97. The van der Waals surface area contributed by atoms with E-state index in [9.17, 15) is 29.6 Å². The molecule has 5 rings (SSSR count). The monoisotopic (exact) mass is 868 g/mol. The normalized spacial score (nSPS) is 11.7. The predicted octanol–water partition coefficient (Wildman–Crippen LogP) is 13.2. The maximum absolute atomic E-state index is 13.4. The van der Waals surface area contributed by atoms with E-state index in [0.717, 1.165) is 11.8 Å². The van der Waals surface area contributed by atoms with Gasteiger partial charge in [-0.2, -0.15) is 13.1 Å². The van der Waals surface area contributed by atoms with E-state index in [1.54, 1.807) is 19.2 Å². The number of nitrogens with one attached hydrogen (secondary N) is 2. The van der Waals surface area contributed by atoms with Crippen molar-refractivity contribution in [1.82, 2.24) is 9.97 Å². The fourth-order valence-corrected chi connectivity index (χ4v) is 4.14. The Morgan fingerprint density at radius 2 is 1.39 bits per heavy atom. The molecular weight excluding hydrogens is 834 g/mol. The number of anilines is 2. The molecule has 0 aliphatic heterocycles. The Morgan fingerprint density at radius 1 is 0.824 bits per heavy atom. The Labute approximate surface area is 311 Å². The van der Waals surface area contributed by atoms with E-state index in [1.807, 2.05) is 35.5 Å². The molecule has 1 aromatic heterocycles. The number of hydrogen-bond acceptors (Lipinski definition) is 5. The average Bonchev–Trinajstić information content (AvgIpc) is 3.08. The predicted molar refractivity (Wildman–Crippen MR) is 191 cm³/mol. The Kier molecular flexibility index (Phi) is 18.5. The fraction of sp³-hybridized carbons (Fsp3) is 0.182. The van der Waals surface area contributed by atoms with Crippen LogP contribution in [0.5, 0.6) is 11.5 Å². The van der Waals surface area contributed by atoms with Gasteiger partial charge in [-0.15, -0.1) is 6.54 Å². The molecule has 0 saturated carbocycles. The summed E-state index contributed by atoms with van der Waals surface area (Å²) in [7, 11) is -4.52. The van der Waals surface area contributed by atoms with Crippen molar-refractivity contribution in [2.75, 3.05) is 38.7 Å². The van der Waals surface area contributed by atoms with E-state index in [0.29, 0.717) is 54.8 Å². The molecule has 0 spiro atoms. The van der Waals surface area contributed by atoms with Gasteiger partial charge in [-0.05, 0) is 41.8 Å². The molecule has 0 unspecified atom stereocenters. The Hall–Kier alpha value is -3.32. The van der Waals surface area contributed by atoms with Crippen LogP contribution >= 0.6 is 29.1 Å². The summed E-state index contributed by atoms with van der Waals surface area (Å²) in [5, 5.41) is 8.11. The van der Waals surface area contributed by atoms with Gasteiger partial charge in [0.05, 0.1) is 24.3 Å². The summed E-state index contributed by atoms with van der Waals surface area (Å²) in [4.78, 5) is 8.58. The van der Waals surface area contributed by atoms with E-state index < -0.39 is 13.6 Å². The molecule has 0 radical (unpaired) electrons. The van der Waals surface area contributed by atoms with E-state index in [2.05, 4.69) is 78.8 Å². The average molecular weight is 869 g/mol. The van der Waals surface area contributed by atoms with Gasteiger partial charge in [0.15, 0.2) is 11.5 Å². The molecule has 0 atom stereocenters. The van der Waals surface area contributed by atoms with Crippen molar-refractivity contribution >= 4 is 51.5 Å². The van der Waals surface area contributed by atoms with Crippen LogP contribution in [0.2, 0.25) is 5.02 Å². The fourth-order valence-electron chi connectivity index (χ4n) is 3.96. The van der Waals surface area contributed by atoms with Crippen molar-refractivity contribution in [1.29, 1.82) is 0 Å². The molecular formula is C33H34Cl2F7N5O2PRu-. The minimum absolute atomic E-state index is 0. The van der Waals surface area contributed by atoms with E-state index in [4.69, 9.17) is 26.8 Å². The number of fused-ring (bicyclic) bond motifs is 1. The van der Waals surface area contributed by atoms with Crippen molar-refractivity contribution in [2.45, 2.75) is 6.42 Å². The van der Waals surface area contributed by atoms with Crippen LogP contribution in [0.3, 0.4) is 0 Å². The minimum atomic E-state index is -10.7.